The van der Waals surface area contributed by atoms with Crippen molar-refractivity contribution in [3.05, 3.63) is 28.2 Å². The Bertz CT molecular complexity index is 378. The SMILES string of the molecule is Cc1ccc(NCCCN2CCOCC2)cc1Br. The average Bonchev–Trinajstić information content (AvgIpc) is 2.40. The van der Waals surface area contributed by atoms with Gasteiger partial charge in [0.15, 0.2) is 0 Å². The van der Waals surface area contributed by atoms with Crippen LogP contribution in [0.25, 0.3) is 0 Å². The predicted molar refractivity (Wildman–Crippen MR) is 79.2 cm³/mol. The van der Waals surface area contributed by atoms with Crippen LogP contribution in [0.5, 0.6) is 0 Å². The van der Waals surface area contributed by atoms with Gasteiger partial charge in [-0.05, 0) is 37.6 Å². The summed E-state index contributed by atoms with van der Waals surface area (Å²) in [7, 11) is 0. The van der Waals surface area contributed by atoms with Crippen molar-refractivity contribution >= 4 is 21.6 Å². The van der Waals surface area contributed by atoms with Crippen molar-refractivity contribution in [1.82, 2.24) is 4.90 Å². The Morgan fingerprint density at radius 1 is 1.33 bits per heavy atom. The fourth-order valence-electron chi connectivity index (χ4n) is 2.06. The smallest absolute Gasteiger partial charge is 0.0594 e. The summed E-state index contributed by atoms with van der Waals surface area (Å²) >= 11 is 3.56. The number of nitrogens with one attached hydrogen (secondary N) is 1. The molecular weight excluding hydrogens is 292 g/mol. The number of benzene rings is 1. The van der Waals surface area contributed by atoms with E-state index in [0.717, 1.165) is 39.4 Å². The van der Waals surface area contributed by atoms with Gasteiger partial charge < -0.3 is 10.1 Å². The molecule has 0 bridgehead atoms. The molecule has 4 heteroatoms. The lowest BCUT2D eigenvalue weighted by Gasteiger charge is -2.26. The van der Waals surface area contributed by atoms with Crippen LogP contribution in [0.1, 0.15) is 12.0 Å². The fourth-order valence-corrected chi connectivity index (χ4v) is 2.44. The first-order valence-electron chi connectivity index (χ1n) is 6.56. The van der Waals surface area contributed by atoms with Crippen molar-refractivity contribution in [1.29, 1.82) is 0 Å². The number of anilines is 1. The Kier molecular flexibility index (Phi) is 5.47. The van der Waals surface area contributed by atoms with Gasteiger partial charge in [-0.3, -0.25) is 4.90 Å². The first-order valence-corrected chi connectivity index (χ1v) is 7.35. The van der Waals surface area contributed by atoms with E-state index < -0.39 is 0 Å². The molecule has 1 heterocycles. The van der Waals surface area contributed by atoms with Gasteiger partial charge in [0.1, 0.15) is 0 Å². The highest BCUT2D eigenvalue weighted by Crippen LogP contribution is 2.20. The van der Waals surface area contributed by atoms with Crippen LogP contribution in [0.15, 0.2) is 22.7 Å². The van der Waals surface area contributed by atoms with Gasteiger partial charge >= 0.3 is 0 Å². The average molecular weight is 313 g/mol. The topological polar surface area (TPSA) is 24.5 Å². The number of halogens is 1. The third kappa shape index (κ3) is 4.26. The summed E-state index contributed by atoms with van der Waals surface area (Å²) in [5.41, 5.74) is 2.46. The monoisotopic (exact) mass is 312 g/mol. The van der Waals surface area contributed by atoms with Crippen LogP contribution in [-0.4, -0.2) is 44.3 Å². The van der Waals surface area contributed by atoms with Crippen molar-refractivity contribution in [3.63, 3.8) is 0 Å². The third-order valence-corrected chi connectivity index (χ3v) is 4.11. The maximum atomic E-state index is 5.34. The van der Waals surface area contributed by atoms with Crippen LogP contribution < -0.4 is 5.32 Å². The molecule has 1 aromatic carbocycles. The number of nitrogens with zero attached hydrogens (tertiary/aromatic N) is 1. The number of hydrogen-bond acceptors (Lipinski definition) is 3. The molecule has 1 saturated heterocycles. The van der Waals surface area contributed by atoms with E-state index in [1.807, 2.05) is 0 Å². The van der Waals surface area contributed by atoms with Gasteiger partial charge in [0.05, 0.1) is 13.2 Å². The first-order chi connectivity index (χ1) is 8.75. The lowest BCUT2D eigenvalue weighted by Crippen LogP contribution is -2.37. The van der Waals surface area contributed by atoms with Gasteiger partial charge in [-0.25, -0.2) is 0 Å². The van der Waals surface area contributed by atoms with Gasteiger partial charge in [0.2, 0.25) is 0 Å². The molecule has 1 N–H and O–H groups in total. The van der Waals surface area contributed by atoms with E-state index in [0.29, 0.717) is 0 Å². The zero-order chi connectivity index (χ0) is 12.8. The summed E-state index contributed by atoms with van der Waals surface area (Å²) in [6.07, 6.45) is 1.17. The lowest BCUT2D eigenvalue weighted by molar-refractivity contribution is 0.0378. The third-order valence-electron chi connectivity index (χ3n) is 3.26. The molecule has 0 saturated carbocycles. The molecule has 0 atom stereocenters. The Morgan fingerprint density at radius 3 is 2.83 bits per heavy atom. The second kappa shape index (κ2) is 7.12. The van der Waals surface area contributed by atoms with Crippen molar-refractivity contribution in [2.75, 3.05) is 44.7 Å². The second-order valence-electron chi connectivity index (χ2n) is 4.70. The molecule has 100 valence electrons. The zero-order valence-corrected chi connectivity index (χ0v) is 12.5. The molecule has 18 heavy (non-hydrogen) atoms. The summed E-state index contributed by atoms with van der Waals surface area (Å²) < 4.78 is 6.50. The molecular formula is C14H21BrN2O. The van der Waals surface area contributed by atoms with Crippen LogP contribution in [0.2, 0.25) is 0 Å². The molecule has 0 aliphatic carbocycles. The molecule has 0 amide bonds. The van der Waals surface area contributed by atoms with E-state index in [1.165, 1.54) is 22.1 Å². The summed E-state index contributed by atoms with van der Waals surface area (Å²) in [6, 6.07) is 6.41. The minimum absolute atomic E-state index is 0.887. The summed E-state index contributed by atoms with van der Waals surface area (Å²) in [6.45, 7) is 8.21. The summed E-state index contributed by atoms with van der Waals surface area (Å²) in [5.74, 6) is 0. The van der Waals surface area contributed by atoms with Gasteiger partial charge in [-0.1, -0.05) is 22.0 Å². The molecule has 1 aliphatic rings. The van der Waals surface area contributed by atoms with Crippen molar-refractivity contribution in [3.8, 4) is 0 Å². The Labute approximate surface area is 118 Å². The van der Waals surface area contributed by atoms with Crippen molar-refractivity contribution in [2.45, 2.75) is 13.3 Å². The quantitative estimate of drug-likeness (QED) is 0.846. The van der Waals surface area contributed by atoms with Gasteiger partial charge in [0, 0.05) is 29.8 Å². The van der Waals surface area contributed by atoms with E-state index in [1.54, 1.807) is 0 Å². The van der Waals surface area contributed by atoms with Crippen LogP contribution in [-0.2, 0) is 4.74 Å². The molecule has 1 fully saturated rings. The van der Waals surface area contributed by atoms with E-state index in [4.69, 9.17) is 4.74 Å². The highest BCUT2D eigenvalue weighted by molar-refractivity contribution is 9.10. The number of aryl methyl sites for hydroxylation is 1. The minimum Gasteiger partial charge on any atom is -0.385 e. The standard InChI is InChI=1S/C14H21BrN2O/c1-12-3-4-13(11-14(12)15)16-5-2-6-17-7-9-18-10-8-17/h3-4,11,16H,2,5-10H2,1H3. The highest BCUT2D eigenvalue weighted by Gasteiger charge is 2.08. The molecule has 0 spiro atoms. The first kappa shape index (κ1) is 13.8. The van der Waals surface area contributed by atoms with E-state index in [2.05, 4.69) is 51.3 Å². The van der Waals surface area contributed by atoms with Crippen LogP contribution >= 0.6 is 15.9 Å². The van der Waals surface area contributed by atoms with Gasteiger partial charge in [-0.2, -0.15) is 0 Å². The molecule has 1 aliphatic heterocycles. The maximum Gasteiger partial charge on any atom is 0.0594 e. The number of rotatable bonds is 5. The molecule has 1 aromatic rings. The molecule has 0 aromatic heterocycles. The lowest BCUT2D eigenvalue weighted by atomic mass is 10.2. The summed E-state index contributed by atoms with van der Waals surface area (Å²) in [5, 5.41) is 3.46. The van der Waals surface area contributed by atoms with Crippen LogP contribution in [0, 0.1) is 6.92 Å². The second-order valence-corrected chi connectivity index (χ2v) is 5.55. The van der Waals surface area contributed by atoms with Crippen LogP contribution in [0.3, 0.4) is 0 Å². The molecule has 0 radical (unpaired) electrons. The Hall–Kier alpha value is -0.580. The zero-order valence-electron chi connectivity index (χ0n) is 10.9. The van der Waals surface area contributed by atoms with Crippen LogP contribution in [0.4, 0.5) is 5.69 Å². The number of ether oxygens (including phenoxy) is 1. The number of hydrogen-bond donors (Lipinski definition) is 1. The minimum atomic E-state index is 0.887. The van der Waals surface area contributed by atoms with Crippen molar-refractivity contribution in [2.24, 2.45) is 0 Å². The maximum absolute atomic E-state index is 5.34. The molecule has 2 rings (SSSR count). The van der Waals surface area contributed by atoms with Gasteiger partial charge in [0.25, 0.3) is 0 Å². The predicted octanol–water partition coefficient (Wildman–Crippen LogP) is 2.89. The molecule has 0 unspecified atom stereocenters. The number of morpholine rings is 1. The van der Waals surface area contributed by atoms with E-state index in [-0.39, 0.29) is 0 Å². The van der Waals surface area contributed by atoms with E-state index >= 15 is 0 Å². The largest absolute Gasteiger partial charge is 0.385 e. The van der Waals surface area contributed by atoms with Gasteiger partial charge in [-0.15, -0.1) is 0 Å². The fraction of sp³-hybridized carbons (Fsp3) is 0.571. The summed E-state index contributed by atoms with van der Waals surface area (Å²) in [4.78, 5) is 2.47. The Morgan fingerprint density at radius 2 is 2.11 bits per heavy atom. The normalized spacial score (nSPS) is 16.8. The van der Waals surface area contributed by atoms with Crippen molar-refractivity contribution < 1.29 is 4.74 Å². The highest BCUT2D eigenvalue weighted by atomic mass is 79.9. The Balaban J connectivity index is 1.66. The van der Waals surface area contributed by atoms with E-state index in [9.17, 15) is 0 Å². The molecule has 3 nitrogen and oxygen atoms in total.